The molecule has 0 saturated heterocycles. The normalized spacial score (nSPS) is 11.8. The summed E-state index contributed by atoms with van der Waals surface area (Å²) in [5.41, 5.74) is -0.227. The van der Waals surface area contributed by atoms with E-state index in [0.717, 1.165) is 21.5 Å². The summed E-state index contributed by atoms with van der Waals surface area (Å²) >= 11 is 12.1. The molecule has 0 unspecified atom stereocenters. The van der Waals surface area contributed by atoms with Crippen molar-refractivity contribution in [1.82, 2.24) is 24.4 Å². The molecule has 0 spiro atoms. The van der Waals surface area contributed by atoms with Gasteiger partial charge in [-0.25, -0.2) is 14.6 Å². The van der Waals surface area contributed by atoms with Crippen molar-refractivity contribution in [3.05, 3.63) is 109 Å². The average molecular weight is 532 g/mol. The third-order valence-corrected chi connectivity index (χ3v) is 6.03. The molecule has 0 atom stereocenters. The third-order valence-electron chi connectivity index (χ3n) is 5.53. The molecule has 5 rings (SSSR count). The zero-order chi connectivity index (χ0) is 25.6. The Bertz CT molecular complexity index is 1690. The van der Waals surface area contributed by atoms with Crippen LogP contribution in [0.15, 0.2) is 76.4 Å². The van der Waals surface area contributed by atoms with Crippen molar-refractivity contribution in [2.45, 2.75) is 12.7 Å². The topological polar surface area (TPSA) is 85.0 Å². The van der Waals surface area contributed by atoms with Gasteiger partial charge in [-0.15, -0.1) is 0 Å². The Morgan fingerprint density at radius 3 is 1.94 bits per heavy atom. The maximum absolute atomic E-state index is 13.9. The largest absolute Gasteiger partial charge is 0.433 e. The number of aromatic amines is 1. The molecule has 0 aliphatic carbocycles. The Balaban J connectivity index is 1.79. The van der Waals surface area contributed by atoms with Crippen LogP contribution < -0.4 is 11.2 Å². The number of nitrogens with zero attached hydrogens (tertiary/aromatic N) is 4. The highest BCUT2D eigenvalue weighted by atomic mass is 35.5. The summed E-state index contributed by atoms with van der Waals surface area (Å²) in [6, 6.07) is 15.2. The lowest BCUT2D eigenvalue weighted by molar-refractivity contribution is -0.141. The van der Waals surface area contributed by atoms with Crippen molar-refractivity contribution in [1.29, 1.82) is 0 Å². The monoisotopic (exact) mass is 531 g/mol. The molecule has 0 amide bonds. The lowest BCUT2D eigenvalue weighted by Crippen LogP contribution is -2.33. The van der Waals surface area contributed by atoms with Crippen LogP contribution in [0.2, 0.25) is 10.0 Å². The summed E-state index contributed by atoms with van der Waals surface area (Å²) < 4.78 is 41.0. The number of rotatable bonds is 4. The molecule has 0 bridgehead atoms. The summed E-state index contributed by atoms with van der Waals surface area (Å²) in [5, 5.41) is 7.44. The molecular weight excluding hydrogens is 518 g/mol. The van der Waals surface area contributed by atoms with Crippen molar-refractivity contribution in [2.75, 3.05) is 0 Å². The summed E-state index contributed by atoms with van der Waals surface area (Å²) in [6.07, 6.45) is -3.59. The molecule has 5 aromatic rings. The summed E-state index contributed by atoms with van der Waals surface area (Å²) in [4.78, 5) is 30.1. The molecule has 3 heterocycles. The van der Waals surface area contributed by atoms with Crippen molar-refractivity contribution in [2.24, 2.45) is 0 Å². The van der Waals surface area contributed by atoms with Gasteiger partial charge in [-0.3, -0.25) is 9.78 Å². The smallest absolute Gasteiger partial charge is 0.267 e. The molecule has 2 aromatic carbocycles. The minimum atomic E-state index is -4.61. The average Bonchev–Trinajstić information content (AvgIpc) is 3.23. The lowest BCUT2D eigenvalue weighted by atomic mass is 9.96. The maximum Gasteiger partial charge on any atom is 0.433 e. The first kappa shape index (κ1) is 23.8. The van der Waals surface area contributed by atoms with Gasteiger partial charge in [-0.05, 0) is 47.0 Å². The molecule has 3 aromatic heterocycles. The van der Waals surface area contributed by atoms with Gasteiger partial charge in [0.2, 0.25) is 0 Å². The Kier molecular flexibility index (Phi) is 5.93. The quantitative estimate of drug-likeness (QED) is 0.341. The number of alkyl halides is 3. The third kappa shape index (κ3) is 4.29. The number of benzene rings is 2. The van der Waals surface area contributed by atoms with E-state index < -0.39 is 23.1 Å². The van der Waals surface area contributed by atoms with E-state index in [4.69, 9.17) is 23.2 Å². The van der Waals surface area contributed by atoms with Gasteiger partial charge in [-0.2, -0.15) is 22.8 Å². The van der Waals surface area contributed by atoms with Crippen LogP contribution in [0.4, 0.5) is 13.2 Å². The first-order valence-corrected chi connectivity index (χ1v) is 11.2. The number of nitrogens with one attached hydrogen (secondary N) is 1. The van der Waals surface area contributed by atoms with E-state index in [1.54, 1.807) is 48.5 Å². The van der Waals surface area contributed by atoms with Crippen LogP contribution in [0.3, 0.4) is 0 Å². The van der Waals surface area contributed by atoms with E-state index in [0.29, 0.717) is 26.7 Å². The Morgan fingerprint density at radius 2 is 1.42 bits per heavy atom. The van der Waals surface area contributed by atoms with Crippen LogP contribution in [0.1, 0.15) is 11.3 Å². The fourth-order valence-electron chi connectivity index (χ4n) is 3.89. The van der Waals surface area contributed by atoms with Gasteiger partial charge in [0.05, 0.1) is 12.1 Å². The first-order chi connectivity index (χ1) is 17.1. The van der Waals surface area contributed by atoms with E-state index in [1.165, 1.54) is 6.07 Å². The van der Waals surface area contributed by atoms with E-state index >= 15 is 0 Å². The number of hydrogen-bond donors (Lipinski definition) is 1. The van der Waals surface area contributed by atoms with Crippen LogP contribution in [0, 0.1) is 0 Å². The van der Waals surface area contributed by atoms with E-state index in [1.807, 2.05) is 0 Å². The van der Waals surface area contributed by atoms with Gasteiger partial charge in [-0.1, -0.05) is 53.5 Å². The number of pyridine rings is 1. The molecule has 0 aliphatic heterocycles. The van der Waals surface area contributed by atoms with Crippen LogP contribution in [-0.4, -0.2) is 24.4 Å². The highest BCUT2D eigenvalue weighted by Gasteiger charge is 2.32. The minimum Gasteiger partial charge on any atom is -0.267 e. The highest BCUT2D eigenvalue weighted by molar-refractivity contribution is 6.31. The maximum atomic E-state index is 13.9. The van der Waals surface area contributed by atoms with Crippen LogP contribution in [0.25, 0.3) is 27.9 Å². The fourth-order valence-corrected chi connectivity index (χ4v) is 4.14. The predicted octanol–water partition coefficient (Wildman–Crippen LogP) is 5.29. The summed E-state index contributed by atoms with van der Waals surface area (Å²) in [5.74, 6) is 0. The van der Waals surface area contributed by atoms with E-state index in [9.17, 15) is 22.8 Å². The first-order valence-electron chi connectivity index (χ1n) is 10.4. The van der Waals surface area contributed by atoms with Crippen molar-refractivity contribution in [3.8, 4) is 22.3 Å². The van der Waals surface area contributed by atoms with Crippen molar-refractivity contribution in [3.63, 3.8) is 0 Å². The van der Waals surface area contributed by atoms with Gasteiger partial charge < -0.3 is 0 Å². The molecular formula is C24H14Cl2F3N5O2. The fraction of sp³-hybridized carbons (Fsp3) is 0.0833. The second kappa shape index (κ2) is 8.96. The number of halogens is 5. The number of hydrogen-bond acceptors (Lipinski definition) is 4. The van der Waals surface area contributed by atoms with Gasteiger partial charge in [0.25, 0.3) is 5.56 Å². The lowest BCUT2D eigenvalue weighted by Gasteiger charge is -2.16. The minimum absolute atomic E-state index is 0.145. The molecule has 0 saturated carbocycles. The molecule has 36 heavy (non-hydrogen) atoms. The van der Waals surface area contributed by atoms with Crippen molar-refractivity contribution < 1.29 is 13.2 Å². The summed E-state index contributed by atoms with van der Waals surface area (Å²) in [6.45, 7) is -0.235. The number of fused-ring (bicyclic) bond motifs is 1. The van der Waals surface area contributed by atoms with Gasteiger partial charge in [0.15, 0.2) is 5.65 Å². The van der Waals surface area contributed by atoms with Crippen LogP contribution in [-0.2, 0) is 12.7 Å². The zero-order valence-corrected chi connectivity index (χ0v) is 19.6. The highest BCUT2D eigenvalue weighted by Crippen LogP contribution is 2.33. The molecule has 0 radical (unpaired) electrons. The molecule has 7 nitrogen and oxygen atoms in total. The zero-order valence-electron chi connectivity index (χ0n) is 18.1. The standard InChI is InChI=1S/C24H14Cl2F3N5O2/c25-16-6-2-14(3-7-16)19-20(15-4-8-17(26)9-5-15)22(35)33(34-21(19)31-32-23(34)36)12-13-1-10-18(30-11-13)24(27,28)29/h1-11H,12H2,(H,32,36). The predicted molar refractivity (Wildman–Crippen MR) is 129 cm³/mol. The molecule has 12 heteroatoms. The van der Waals surface area contributed by atoms with Crippen LogP contribution >= 0.6 is 23.2 Å². The molecule has 1 N–H and O–H groups in total. The number of aromatic nitrogens is 5. The van der Waals surface area contributed by atoms with Gasteiger partial charge in [0.1, 0.15) is 5.69 Å². The SMILES string of the molecule is O=c1c(-c2ccc(Cl)cc2)c(-c2ccc(Cl)cc2)c2n[nH]c(=O)n2n1Cc1ccc(C(F)(F)F)nc1. The molecule has 0 fully saturated rings. The Hall–Kier alpha value is -3.89. The summed E-state index contributed by atoms with van der Waals surface area (Å²) in [7, 11) is 0. The van der Waals surface area contributed by atoms with E-state index in [2.05, 4.69) is 15.2 Å². The van der Waals surface area contributed by atoms with E-state index in [-0.39, 0.29) is 23.3 Å². The van der Waals surface area contributed by atoms with Gasteiger partial charge in [0, 0.05) is 21.8 Å². The second-order valence-corrected chi connectivity index (χ2v) is 8.71. The second-order valence-electron chi connectivity index (χ2n) is 7.84. The van der Waals surface area contributed by atoms with Crippen LogP contribution in [0.5, 0.6) is 0 Å². The van der Waals surface area contributed by atoms with Crippen molar-refractivity contribution >= 4 is 28.8 Å². The van der Waals surface area contributed by atoms with Gasteiger partial charge >= 0.3 is 11.9 Å². The number of H-pyrrole nitrogens is 1. The molecule has 182 valence electrons. The molecule has 0 aliphatic rings. The Labute approximate surface area is 210 Å². The Morgan fingerprint density at radius 1 is 0.833 bits per heavy atom.